The Hall–Kier alpha value is -1.54. The third-order valence-electron chi connectivity index (χ3n) is 3.87. The van der Waals surface area contributed by atoms with Crippen molar-refractivity contribution >= 4 is 67.8 Å². The Morgan fingerprint density at radius 3 is 2.70 bits per heavy atom. The molecule has 1 amide bonds. The van der Waals surface area contributed by atoms with Crippen LogP contribution in [0.3, 0.4) is 0 Å². The van der Waals surface area contributed by atoms with Gasteiger partial charge in [0, 0.05) is 17.6 Å². The molecule has 3 rings (SSSR count). The van der Waals surface area contributed by atoms with Crippen molar-refractivity contribution in [3.63, 3.8) is 0 Å². The molecule has 1 aliphatic rings. The quantitative estimate of drug-likeness (QED) is 0.413. The molecule has 0 aromatic heterocycles. The van der Waals surface area contributed by atoms with E-state index in [1.54, 1.807) is 20.2 Å². The fourth-order valence-electron chi connectivity index (χ4n) is 2.43. The van der Waals surface area contributed by atoms with E-state index in [0.717, 1.165) is 11.1 Å². The highest BCUT2D eigenvalue weighted by Crippen LogP contribution is 2.39. The number of carbonyl (C=O) groups is 1. The number of ether oxygens (including phenoxy) is 2. The predicted molar refractivity (Wildman–Crippen MR) is 117 cm³/mol. The van der Waals surface area contributed by atoms with Crippen LogP contribution in [-0.2, 0) is 11.4 Å². The first kappa shape index (κ1) is 20.2. The molecule has 27 heavy (non-hydrogen) atoms. The Labute approximate surface area is 180 Å². The van der Waals surface area contributed by atoms with Crippen LogP contribution in [0.1, 0.15) is 11.1 Å². The lowest BCUT2D eigenvalue weighted by Crippen LogP contribution is -2.22. The lowest BCUT2D eigenvalue weighted by molar-refractivity contribution is -0.121. The average molecular weight is 485 g/mol. The van der Waals surface area contributed by atoms with Gasteiger partial charge in [-0.15, -0.1) is 0 Å². The number of thioether (sulfide) groups is 1. The number of rotatable bonds is 5. The van der Waals surface area contributed by atoms with E-state index in [4.69, 9.17) is 33.3 Å². The SMILES string of the molecule is COc1cc(/C=C2\SC(=S)N(C)C2=O)cc(Br)c1OCc1ccccc1Cl. The first-order chi connectivity index (χ1) is 12.9. The van der Waals surface area contributed by atoms with E-state index in [9.17, 15) is 4.79 Å². The lowest BCUT2D eigenvalue weighted by Gasteiger charge is -2.14. The Morgan fingerprint density at radius 2 is 2.07 bits per heavy atom. The monoisotopic (exact) mass is 483 g/mol. The van der Waals surface area contributed by atoms with Gasteiger partial charge in [0.05, 0.1) is 16.5 Å². The zero-order valence-electron chi connectivity index (χ0n) is 14.5. The van der Waals surface area contributed by atoms with Gasteiger partial charge in [0.1, 0.15) is 10.9 Å². The lowest BCUT2D eigenvalue weighted by atomic mass is 10.1. The van der Waals surface area contributed by atoms with Crippen LogP contribution in [0.4, 0.5) is 0 Å². The van der Waals surface area contributed by atoms with Gasteiger partial charge in [0.2, 0.25) is 0 Å². The summed E-state index contributed by atoms with van der Waals surface area (Å²) >= 11 is 16.1. The largest absolute Gasteiger partial charge is 0.493 e. The summed E-state index contributed by atoms with van der Waals surface area (Å²) in [6.45, 7) is 0.308. The highest BCUT2D eigenvalue weighted by atomic mass is 79.9. The van der Waals surface area contributed by atoms with Crippen molar-refractivity contribution in [3.8, 4) is 11.5 Å². The van der Waals surface area contributed by atoms with Gasteiger partial charge in [-0.1, -0.05) is 53.8 Å². The van der Waals surface area contributed by atoms with Crippen molar-refractivity contribution in [3.05, 3.63) is 61.9 Å². The van der Waals surface area contributed by atoms with E-state index in [0.29, 0.717) is 36.8 Å². The van der Waals surface area contributed by atoms with Crippen molar-refractivity contribution in [1.29, 1.82) is 0 Å². The highest BCUT2D eigenvalue weighted by molar-refractivity contribution is 9.10. The molecule has 0 aliphatic carbocycles. The smallest absolute Gasteiger partial charge is 0.265 e. The molecule has 1 saturated heterocycles. The number of hydrogen-bond donors (Lipinski definition) is 0. The van der Waals surface area contributed by atoms with Crippen molar-refractivity contribution < 1.29 is 14.3 Å². The van der Waals surface area contributed by atoms with Gasteiger partial charge in [-0.25, -0.2) is 0 Å². The topological polar surface area (TPSA) is 38.8 Å². The summed E-state index contributed by atoms with van der Waals surface area (Å²) in [6.07, 6.45) is 1.79. The molecule has 4 nitrogen and oxygen atoms in total. The zero-order valence-corrected chi connectivity index (χ0v) is 18.5. The van der Waals surface area contributed by atoms with Crippen LogP contribution in [-0.4, -0.2) is 29.3 Å². The second-order valence-corrected chi connectivity index (χ2v) is 8.59. The fraction of sp³-hybridized carbons (Fsp3) is 0.158. The first-order valence-corrected chi connectivity index (χ1v) is 10.3. The Morgan fingerprint density at radius 1 is 1.33 bits per heavy atom. The number of benzene rings is 2. The van der Waals surface area contributed by atoms with Crippen LogP contribution < -0.4 is 9.47 Å². The van der Waals surface area contributed by atoms with Gasteiger partial charge >= 0.3 is 0 Å². The van der Waals surface area contributed by atoms with Gasteiger partial charge in [0.15, 0.2) is 11.5 Å². The maximum absolute atomic E-state index is 12.2. The van der Waals surface area contributed by atoms with Crippen molar-refractivity contribution in [2.45, 2.75) is 6.61 Å². The zero-order chi connectivity index (χ0) is 19.6. The van der Waals surface area contributed by atoms with Crippen molar-refractivity contribution in [1.82, 2.24) is 4.90 Å². The van der Waals surface area contributed by atoms with Crippen molar-refractivity contribution in [2.24, 2.45) is 0 Å². The van der Waals surface area contributed by atoms with Crippen LogP contribution in [0.2, 0.25) is 5.02 Å². The van der Waals surface area contributed by atoms with Crippen LogP contribution in [0.5, 0.6) is 11.5 Å². The minimum Gasteiger partial charge on any atom is -0.493 e. The second kappa shape index (κ2) is 8.65. The van der Waals surface area contributed by atoms with Crippen LogP contribution in [0.15, 0.2) is 45.8 Å². The normalized spacial score (nSPS) is 15.6. The van der Waals surface area contributed by atoms with Crippen LogP contribution in [0.25, 0.3) is 6.08 Å². The molecule has 0 unspecified atom stereocenters. The highest BCUT2D eigenvalue weighted by Gasteiger charge is 2.28. The second-order valence-electron chi connectivity index (χ2n) is 5.65. The first-order valence-electron chi connectivity index (χ1n) is 7.86. The summed E-state index contributed by atoms with van der Waals surface area (Å²) in [5, 5.41) is 0.644. The molecule has 1 fully saturated rings. The number of thiocarbonyl (C=S) groups is 1. The van der Waals surface area contributed by atoms with Gasteiger partial charge in [-0.3, -0.25) is 9.69 Å². The molecule has 1 heterocycles. The fourth-order valence-corrected chi connectivity index (χ4v) is 4.37. The molecule has 0 atom stereocenters. The Kier molecular flexibility index (Phi) is 6.47. The maximum atomic E-state index is 12.2. The average Bonchev–Trinajstić information content (AvgIpc) is 2.88. The maximum Gasteiger partial charge on any atom is 0.265 e. The number of likely N-dealkylation sites (N-methyl/N-ethyl adjacent to an activating group) is 1. The minimum absolute atomic E-state index is 0.112. The number of halogens is 2. The summed E-state index contributed by atoms with van der Waals surface area (Å²) in [5.74, 6) is 1.01. The summed E-state index contributed by atoms with van der Waals surface area (Å²) in [6, 6.07) is 11.2. The number of nitrogens with zero attached hydrogens (tertiary/aromatic N) is 1. The number of hydrogen-bond acceptors (Lipinski definition) is 5. The third-order valence-corrected chi connectivity index (χ3v) is 6.31. The van der Waals surface area contributed by atoms with Gasteiger partial charge < -0.3 is 9.47 Å². The van der Waals surface area contributed by atoms with E-state index >= 15 is 0 Å². The standard InChI is InChI=1S/C19H15BrClNO3S2/c1-22-18(23)16(27-19(22)26)9-11-7-13(20)17(15(8-11)24-2)25-10-12-5-3-4-6-14(12)21/h3-9H,10H2,1-2H3/b16-9-. The molecule has 0 spiro atoms. The van der Waals surface area contributed by atoms with Gasteiger partial charge in [0.25, 0.3) is 5.91 Å². The van der Waals surface area contributed by atoms with E-state index in [2.05, 4.69) is 15.9 Å². The summed E-state index contributed by atoms with van der Waals surface area (Å²) < 4.78 is 12.7. The van der Waals surface area contributed by atoms with E-state index < -0.39 is 0 Å². The molecule has 0 N–H and O–H groups in total. The molecule has 0 bridgehead atoms. The van der Waals surface area contributed by atoms with E-state index in [1.165, 1.54) is 16.7 Å². The Bertz CT molecular complexity index is 949. The molecule has 0 radical (unpaired) electrons. The molecular formula is C19H15BrClNO3S2. The summed E-state index contributed by atoms with van der Waals surface area (Å²) in [4.78, 5) is 14.2. The van der Waals surface area contributed by atoms with Gasteiger partial charge in [-0.05, 0) is 45.8 Å². The summed E-state index contributed by atoms with van der Waals surface area (Å²) in [7, 11) is 3.24. The number of amides is 1. The molecule has 1 aliphatic heterocycles. The third kappa shape index (κ3) is 4.48. The van der Waals surface area contributed by atoms with Gasteiger partial charge in [-0.2, -0.15) is 0 Å². The van der Waals surface area contributed by atoms with Crippen LogP contribution in [0, 0.1) is 0 Å². The van der Waals surface area contributed by atoms with E-state index in [1.807, 2.05) is 36.4 Å². The Balaban J connectivity index is 1.87. The molecule has 2 aromatic rings. The number of carbonyl (C=O) groups excluding carboxylic acids is 1. The predicted octanol–water partition coefficient (Wildman–Crippen LogP) is 5.52. The molecule has 2 aromatic carbocycles. The van der Waals surface area contributed by atoms with Crippen LogP contribution >= 0.6 is 51.5 Å². The minimum atomic E-state index is -0.112. The number of methoxy groups -OCH3 is 1. The van der Waals surface area contributed by atoms with E-state index in [-0.39, 0.29) is 5.91 Å². The molecular weight excluding hydrogens is 470 g/mol. The molecule has 8 heteroatoms. The molecule has 140 valence electrons. The summed E-state index contributed by atoms with van der Waals surface area (Å²) in [5.41, 5.74) is 1.68. The molecule has 0 saturated carbocycles. The van der Waals surface area contributed by atoms with Crippen molar-refractivity contribution in [2.75, 3.05) is 14.2 Å².